The highest BCUT2D eigenvalue weighted by Crippen LogP contribution is 2.23. The number of anilines is 1. The van der Waals surface area contributed by atoms with E-state index in [0.29, 0.717) is 16.7 Å². The number of aromatic nitrogens is 2. The van der Waals surface area contributed by atoms with Crippen LogP contribution in [0.2, 0.25) is 0 Å². The summed E-state index contributed by atoms with van der Waals surface area (Å²) in [6.45, 7) is 1.69. The molecule has 3 N–H and O–H groups in total. The number of halogens is 2. The molecule has 0 unspecified atom stereocenters. The van der Waals surface area contributed by atoms with E-state index < -0.39 is 6.43 Å². The quantitative estimate of drug-likeness (QED) is 0.814. The third kappa shape index (κ3) is 3.02. The zero-order chi connectivity index (χ0) is 14.8. The second kappa shape index (κ2) is 5.77. The third-order valence-electron chi connectivity index (χ3n) is 3.68. The summed E-state index contributed by atoms with van der Waals surface area (Å²) in [5, 5.41) is 6.05. The zero-order valence-corrected chi connectivity index (χ0v) is 11.3. The van der Waals surface area contributed by atoms with Gasteiger partial charge in [0.25, 0.3) is 6.43 Å². The lowest BCUT2D eigenvalue weighted by Crippen LogP contribution is -2.34. The van der Waals surface area contributed by atoms with Crippen molar-refractivity contribution in [3.05, 3.63) is 24.0 Å². The molecule has 21 heavy (non-hydrogen) atoms. The van der Waals surface area contributed by atoms with E-state index >= 15 is 0 Å². The van der Waals surface area contributed by atoms with Crippen molar-refractivity contribution in [1.82, 2.24) is 15.3 Å². The number of fused-ring (bicyclic) bond motifs is 1. The van der Waals surface area contributed by atoms with Crippen molar-refractivity contribution in [1.29, 1.82) is 0 Å². The van der Waals surface area contributed by atoms with Crippen LogP contribution < -0.4 is 10.6 Å². The van der Waals surface area contributed by atoms with Gasteiger partial charge < -0.3 is 15.6 Å². The van der Waals surface area contributed by atoms with Gasteiger partial charge in [-0.05, 0) is 44.1 Å². The number of H-pyrrole nitrogens is 1. The topological polar surface area (TPSA) is 69.8 Å². The molecule has 0 spiro atoms. The van der Waals surface area contributed by atoms with Crippen LogP contribution in [0.4, 0.5) is 14.5 Å². The molecule has 2 heterocycles. The Labute approximate surface area is 120 Å². The average molecular weight is 294 g/mol. The van der Waals surface area contributed by atoms with Crippen molar-refractivity contribution < 1.29 is 13.6 Å². The number of benzene rings is 1. The Bertz CT molecular complexity index is 649. The Kier molecular flexibility index (Phi) is 3.83. The van der Waals surface area contributed by atoms with Gasteiger partial charge in [-0.3, -0.25) is 4.79 Å². The van der Waals surface area contributed by atoms with Crippen LogP contribution in [0, 0.1) is 5.92 Å². The Morgan fingerprint density at radius 1 is 1.33 bits per heavy atom. The zero-order valence-electron chi connectivity index (χ0n) is 11.3. The van der Waals surface area contributed by atoms with Gasteiger partial charge in [-0.15, -0.1) is 0 Å². The normalized spacial score (nSPS) is 16.5. The summed E-state index contributed by atoms with van der Waals surface area (Å²) in [6, 6.07) is 4.93. The number of alkyl halides is 2. The predicted octanol–water partition coefficient (Wildman–Crippen LogP) is 2.44. The smallest absolute Gasteiger partial charge is 0.295 e. The molecular formula is C14H16F2N4O. The van der Waals surface area contributed by atoms with E-state index in [1.165, 1.54) is 0 Å². The van der Waals surface area contributed by atoms with Gasteiger partial charge in [0.05, 0.1) is 11.0 Å². The van der Waals surface area contributed by atoms with E-state index in [0.717, 1.165) is 25.9 Å². The standard InChI is InChI=1S/C14H16F2N4O/c15-12(16)13-19-10-2-1-9(7-11(10)20-13)18-14(21)8-3-5-17-6-4-8/h1-2,7-8,12,17H,3-6H2,(H,18,21)(H,19,20). The molecule has 2 aromatic rings. The van der Waals surface area contributed by atoms with Crippen LogP contribution in [0.5, 0.6) is 0 Å². The molecule has 1 aliphatic rings. The molecule has 5 nitrogen and oxygen atoms in total. The van der Waals surface area contributed by atoms with Crippen LogP contribution >= 0.6 is 0 Å². The molecular weight excluding hydrogens is 278 g/mol. The fourth-order valence-corrected chi connectivity index (χ4v) is 2.54. The number of aromatic amines is 1. The first-order valence-electron chi connectivity index (χ1n) is 6.93. The molecule has 0 saturated carbocycles. The second-order valence-corrected chi connectivity index (χ2v) is 5.17. The molecule has 0 atom stereocenters. The lowest BCUT2D eigenvalue weighted by Gasteiger charge is -2.21. The van der Waals surface area contributed by atoms with Crippen molar-refractivity contribution in [2.24, 2.45) is 5.92 Å². The summed E-state index contributed by atoms with van der Waals surface area (Å²) in [6.07, 6.45) is -1.01. The average Bonchev–Trinajstić information content (AvgIpc) is 2.91. The lowest BCUT2D eigenvalue weighted by atomic mass is 9.97. The molecule has 7 heteroatoms. The largest absolute Gasteiger partial charge is 0.337 e. The number of carbonyl (C=O) groups is 1. The molecule has 1 saturated heterocycles. The molecule has 3 rings (SSSR count). The first-order valence-corrected chi connectivity index (χ1v) is 6.93. The Morgan fingerprint density at radius 2 is 2.10 bits per heavy atom. The number of nitrogens with one attached hydrogen (secondary N) is 3. The van der Waals surface area contributed by atoms with Crippen molar-refractivity contribution in [3.8, 4) is 0 Å². The van der Waals surface area contributed by atoms with E-state index in [-0.39, 0.29) is 17.6 Å². The van der Waals surface area contributed by atoms with Crippen LogP contribution in [0.25, 0.3) is 11.0 Å². The maximum atomic E-state index is 12.6. The molecule has 1 amide bonds. The van der Waals surface area contributed by atoms with E-state index in [2.05, 4.69) is 20.6 Å². The molecule has 112 valence electrons. The van der Waals surface area contributed by atoms with E-state index in [1.54, 1.807) is 18.2 Å². The summed E-state index contributed by atoms with van der Waals surface area (Å²) in [7, 11) is 0. The fraction of sp³-hybridized carbons (Fsp3) is 0.429. The van der Waals surface area contributed by atoms with E-state index in [1.807, 2.05) is 0 Å². The summed E-state index contributed by atoms with van der Waals surface area (Å²) in [4.78, 5) is 18.5. The molecule has 1 aliphatic heterocycles. The number of rotatable bonds is 3. The minimum Gasteiger partial charge on any atom is -0.337 e. The number of amides is 1. The first kappa shape index (κ1) is 13.9. The summed E-state index contributed by atoms with van der Waals surface area (Å²) in [5.74, 6) is -0.378. The van der Waals surface area contributed by atoms with Crippen LogP contribution in [-0.2, 0) is 4.79 Å². The Morgan fingerprint density at radius 3 is 2.81 bits per heavy atom. The van der Waals surface area contributed by atoms with Crippen LogP contribution in [0.15, 0.2) is 18.2 Å². The highest BCUT2D eigenvalue weighted by Gasteiger charge is 2.21. The van der Waals surface area contributed by atoms with Crippen LogP contribution in [0.3, 0.4) is 0 Å². The molecule has 0 aliphatic carbocycles. The molecule has 0 bridgehead atoms. The van der Waals surface area contributed by atoms with Gasteiger partial charge in [-0.2, -0.15) is 0 Å². The third-order valence-corrected chi connectivity index (χ3v) is 3.68. The number of hydrogen-bond acceptors (Lipinski definition) is 3. The van der Waals surface area contributed by atoms with Gasteiger partial charge in [0.2, 0.25) is 5.91 Å². The van der Waals surface area contributed by atoms with Crippen molar-refractivity contribution in [3.63, 3.8) is 0 Å². The Hall–Kier alpha value is -2.02. The minimum absolute atomic E-state index is 0.000314. The van der Waals surface area contributed by atoms with Crippen molar-refractivity contribution in [2.75, 3.05) is 18.4 Å². The van der Waals surface area contributed by atoms with Gasteiger partial charge >= 0.3 is 0 Å². The highest BCUT2D eigenvalue weighted by atomic mass is 19.3. The predicted molar refractivity (Wildman–Crippen MR) is 75.3 cm³/mol. The van der Waals surface area contributed by atoms with Crippen molar-refractivity contribution >= 4 is 22.6 Å². The van der Waals surface area contributed by atoms with Gasteiger partial charge in [-0.25, -0.2) is 13.8 Å². The number of piperidine rings is 1. The summed E-state index contributed by atoms with van der Waals surface area (Å²) >= 11 is 0. The van der Waals surface area contributed by atoms with E-state index in [9.17, 15) is 13.6 Å². The molecule has 1 fully saturated rings. The van der Waals surface area contributed by atoms with Gasteiger partial charge in [0.1, 0.15) is 0 Å². The van der Waals surface area contributed by atoms with Crippen LogP contribution in [0.1, 0.15) is 25.1 Å². The summed E-state index contributed by atoms with van der Waals surface area (Å²) in [5.41, 5.74) is 1.55. The number of nitrogens with zero attached hydrogens (tertiary/aromatic N) is 1. The monoisotopic (exact) mass is 294 g/mol. The van der Waals surface area contributed by atoms with Gasteiger partial charge in [-0.1, -0.05) is 0 Å². The van der Waals surface area contributed by atoms with E-state index in [4.69, 9.17) is 0 Å². The highest BCUT2D eigenvalue weighted by molar-refractivity contribution is 5.94. The van der Waals surface area contributed by atoms with Gasteiger partial charge in [0.15, 0.2) is 5.82 Å². The molecule has 1 aromatic carbocycles. The maximum absolute atomic E-state index is 12.6. The number of imidazole rings is 1. The molecule has 0 radical (unpaired) electrons. The summed E-state index contributed by atoms with van der Waals surface area (Å²) < 4.78 is 25.2. The van der Waals surface area contributed by atoms with Gasteiger partial charge in [0, 0.05) is 11.6 Å². The fourth-order valence-electron chi connectivity index (χ4n) is 2.54. The first-order chi connectivity index (χ1) is 10.1. The second-order valence-electron chi connectivity index (χ2n) is 5.17. The Balaban J connectivity index is 1.75. The number of carbonyl (C=O) groups excluding carboxylic acids is 1. The lowest BCUT2D eigenvalue weighted by molar-refractivity contribution is -0.120. The maximum Gasteiger partial charge on any atom is 0.295 e. The number of hydrogen-bond donors (Lipinski definition) is 3. The SMILES string of the molecule is O=C(Nc1ccc2nc(C(F)F)[nH]c2c1)C1CCNCC1. The minimum atomic E-state index is -2.63. The van der Waals surface area contributed by atoms with Crippen molar-refractivity contribution in [2.45, 2.75) is 19.3 Å². The van der Waals surface area contributed by atoms with Crippen LogP contribution in [-0.4, -0.2) is 29.0 Å². The molecule has 1 aromatic heterocycles.